The average molecular weight is 330 g/mol. The van der Waals surface area contributed by atoms with Gasteiger partial charge in [-0.05, 0) is 24.1 Å². The summed E-state index contributed by atoms with van der Waals surface area (Å²) in [6.07, 6.45) is -4.40. The predicted molar refractivity (Wildman–Crippen MR) is 76.3 cm³/mol. The summed E-state index contributed by atoms with van der Waals surface area (Å²) < 4.78 is 53.3. The number of benzene rings is 1. The first-order valence-electron chi connectivity index (χ1n) is 6.57. The van der Waals surface area contributed by atoms with Gasteiger partial charge in [-0.25, -0.2) is 0 Å². The molecule has 122 valence electrons. The van der Waals surface area contributed by atoms with Gasteiger partial charge in [0.05, 0.1) is 0 Å². The topological polar surface area (TPSA) is 35.2 Å². The number of alkyl halides is 4. The molecule has 0 aliphatic rings. The van der Waals surface area contributed by atoms with Crippen molar-refractivity contribution >= 4 is 12.4 Å². The van der Waals surface area contributed by atoms with Crippen LogP contribution in [0.4, 0.5) is 17.6 Å². The van der Waals surface area contributed by atoms with E-state index in [-0.39, 0.29) is 24.2 Å². The number of halogens is 5. The molecule has 0 heterocycles. The van der Waals surface area contributed by atoms with Crippen LogP contribution >= 0.6 is 12.4 Å². The van der Waals surface area contributed by atoms with Gasteiger partial charge in [-0.1, -0.05) is 38.3 Å². The van der Waals surface area contributed by atoms with Crippen molar-refractivity contribution in [2.75, 3.05) is 0 Å². The van der Waals surface area contributed by atoms with E-state index in [9.17, 15) is 17.6 Å². The van der Waals surface area contributed by atoms with Crippen LogP contribution in [0.15, 0.2) is 24.3 Å². The molecule has 0 aliphatic carbocycles. The van der Waals surface area contributed by atoms with Crippen molar-refractivity contribution in [3.8, 4) is 5.75 Å². The first kappa shape index (κ1) is 20.0. The lowest BCUT2D eigenvalue weighted by Crippen LogP contribution is -2.33. The summed E-state index contributed by atoms with van der Waals surface area (Å²) in [7, 11) is 0. The third-order valence-corrected chi connectivity index (χ3v) is 2.93. The van der Waals surface area contributed by atoms with Crippen LogP contribution in [-0.4, -0.2) is 12.5 Å². The summed E-state index contributed by atoms with van der Waals surface area (Å²) in [4.78, 5) is 0. The number of hydrogen-bond donors (Lipinski definition) is 1. The molecule has 0 aliphatic heterocycles. The molecule has 1 aromatic carbocycles. The summed E-state index contributed by atoms with van der Waals surface area (Å²) >= 11 is 0. The molecule has 1 aromatic rings. The fraction of sp³-hybridized carbons (Fsp3) is 0.571. The van der Waals surface area contributed by atoms with E-state index in [2.05, 4.69) is 11.7 Å². The third-order valence-electron chi connectivity index (χ3n) is 2.93. The van der Waals surface area contributed by atoms with Crippen LogP contribution in [-0.2, 0) is 0 Å². The minimum absolute atomic E-state index is 0. The van der Waals surface area contributed by atoms with Crippen molar-refractivity contribution in [2.24, 2.45) is 5.73 Å². The van der Waals surface area contributed by atoms with Crippen molar-refractivity contribution in [3.63, 3.8) is 0 Å². The molecule has 0 aromatic heterocycles. The van der Waals surface area contributed by atoms with Gasteiger partial charge in [0.1, 0.15) is 5.75 Å². The maximum absolute atomic E-state index is 12.7. The molecule has 0 saturated carbocycles. The zero-order valence-electron chi connectivity index (χ0n) is 11.7. The summed E-state index contributed by atoms with van der Waals surface area (Å²) in [5.74, 6) is -0.306. The van der Waals surface area contributed by atoms with Gasteiger partial charge >= 0.3 is 12.5 Å². The highest BCUT2D eigenvalue weighted by Gasteiger charge is 2.43. The molecule has 0 saturated heterocycles. The maximum Gasteiger partial charge on any atom is 0.461 e. The van der Waals surface area contributed by atoms with E-state index >= 15 is 0 Å². The van der Waals surface area contributed by atoms with E-state index in [1.165, 1.54) is 24.3 Å². The van der Waals surface area contributed by atoms with Crippen LogP contribution in [0.25, 0.3) is 0 Å². The molecule has 0 amide bonds. The van der Waals surface area contributed by atoms with Crippen molar-refractivity contribution in [1.82, 2.24) is 0 Å². The van der Waals surface area contributed by atoms with Crippen LogP contribution in [0.1, 0.15) is 44.2 Å². The minimum atomic E-state index is -4.48. The Balaban J connectivity index is 0.00000400. The zero-order chi connectivity index (χ0) is 15.2. The Morgan fingerprint density at radius 3 is 2.19 bits per heavy atom. The number of nitrogens with two attached hydrogens (primary N) is 1. The van der Waals surface area contributed by atoms with Gasteiger partial charge in [0.15, 0.2) is 0 Å². The second kappa shape index (κ2) is 9.10. The Labute approximate surface area is 128 Å². The number of hydrogen-bond acceptors (Lipinski definition) is 2. The van der Waals surface area contributed by atoms with Crippen LogP contribution in [0.3, 0.4) is 0 Å². The molecule has 0 radical (unpaired) electrons. The number of rotatable bonds is 8. The van der Waals surface area contributed by atoms with Gasteiger partial charge in [0, 0.05) is 6.04 Å². The highest BCUT2D eigenvalue weighted by Crippen LogP contribution is 2.28. The number of unbranched alkanes of at least 4 members (excludes halogenated alkanes) is 2. The molecule has 0 fully saturated rings. The van der Waals surface area contributed by atoms with Gasteiger partial charge in [-0.2, -0.15) is 17.6 Å². The van der Waals surface area contributed by atoms with E-state index in [1.807, 2.05) is 0 Å². The fourth-order valence-corrected chi connectivity index (χ4v) is 1.77. The van der Waals surface area contributed by atoms with Gasteiger partial charge in [-0.3, -0.25) is 0 Å². The van der Waals surface area contributed by atoms with E-state index in [1.54, 1.807) is 0 Å². The van der Waals surface area contributed by atoms with Crippen molar-refractivity contribution in [1.29, 1.82) is 0 Å². The van der Waals surface area contributed by atoms with E-state index < -0.39 is 12.5 Å². The van der Waals surface area contributed by atoms with E-state index in [0.717, 1.165) is 31.2 Å². The number of ether oxygens (including phenoxy) is 1. The second-order valence-corrected chi connectivity index (χ2v) is 4.64. The predicted octanol–water partition coefficient (Wildman–Crippen LogP) is 4.93. The van der Waals surface area contributed by atoms with Gasteiger partial charge < -0.3 is 10.5 Å². The lowest BCUT2D eigenvalue weighted by Gasteiger charge is -2.17. The molecule has 0 bridgehead atoms. The first-order chi connectivity index (χ1) is 9.36. The highest BCUT2D eigenvalue weighted by atomic mass is 35.5. The van der Waals surface area contributed by atoms with Crippen molar-refractivity contribution < 1.29 is 22.3 Å². The third kappa shape index (κ3) is 6.52. The molecule has 1 atom stereocenters. The molecule has 2 nitrogen and oxygen atoms in total. The van der Waals surface area contributed by atoms with E-state index in [0.29, 0.717) is 0 Å². The molecule has 0 unspecified atom stereocenters. The van der Waals surface area contributed by atoms with Crippen LogP contribution in [0.2, 0.25) is 0 Å². The van der Waals surface area contributed by atoms with E-state index in [4.69, 9.17) is 5.73 Å². The normalized spacial score (nSPS) is 12.9. The molecule has 21 heavy (non-hydrogen) atoms. The quantitative estimate of drug-likeness (QED) is 0.542. The highest BCUT2D eigenvalue weighted by molar-refractivity contribution is 5.85. The average Bonchev–Trinajstić information content (AvgIpc) is 2.39. The van der Waals surface area contributed by atoms with Gasteiger partial charge in [0.25, 0.3) is 0 Å². The lowest BCUT2D eigenvalue weighted by molar-refractivity contribution is -0.253. The SMILES string of the molecule is CCCCC[C@H](N)c1ccc(OC(F)(F)C(F)F)cc1.Cl. The Morgan fingerprint density at radius 1 is 1.14 bits per heavy atom. The van der Waals surface area contributed by atoms with Crippen LogP contribution in [0, 0.1) is 0 Å². The Hall–Kier alpha value is -1.01. The lowest BCUT2D eigenvalue weighted by atomic mass is 10.0. The summed E-state index contributed by atoms with van der Waals surface area (Å²) in [5, 5.41) is 0. The zero-order valence-corrected chi connectivity index (χ0v) is 12.5. The maximum atomic E-state index is 12.7. The fourth-order valence-electron chi connectivity index (χ4n) is 1.77. The Morgan fingerprint density at radius 2 is 1.71 bits per heavy atom. The Bertz CT molecular complexity index is 400. The van der Waals surface area contributed by atoms with Crippen LogP contribution in [0.5, 0.6) is 5.75 Å². The Kier molecular flexibility index (Phi) is 8.66. The molecular weight excluding hydrogens is 310 g/mol. The molecule has 2 N–H and O–H groups in total. The summed E-state index contributed by atoms with van der Waals surface area (Å²) in [6.45, 7) is 2.08. The summed E-state index contributed by atoms with van der Waals surface area (Å²) in [5.41, 5.74) is 6.72. The molecular formula is C14H20ClF4NO. The summed E-state index contributed by atoms with van der Waals surface area (Å²) in [6, 6.07) is 5.31. The van der Waals surface area contributed by atoms with Crippen LogP contribution < -0.4 is 10.5 Å². The standard InChI is InChI=1S/C14H19F4NO.ClH/c1-2-3-4-5-12(19)10-6-8-11(9-7-10)20-14(17,18)13(15)16;/h6-9,12-13H,2-5,19H2,1H3;1H/t12-;/m0./s1. The second-order valence-electron chi connectivity index (χ2n) is 4.64. The minimum Gasteiger partial charge on any atom is -0.428 e. The smallest absolute Gasteiger partial charge is 0.428 e. The van der Waals surface area contributed by atoms with Gasteiger partial charge in [-0.15, -0.1) is 12.4 Å². The molecule has 0 spiro atoms. The molecule has 1 rings (SSSR count). The van der Waals surface area contributed by atoms with Crippen molar-refractivity contribution in [3.05, 3.63) is 29.8 Å². The largest absolute Gasteiger partial charge is 0.461 e. The monoisotopic (exact) mass is 329 g/mol. The van der Waals surface area contributed by atoms with Crippen molar-refractivity contribution in [2.45, 2.75) is 51.2 Å². The first-order valence-corrected chi connectivity index (χ1v) is 6.57. The van der Waals surface area contributed by atoms with Gasteiger partial charge in [0.2, 0.25) is 0 Å². The molecule has 7 heteroatoms.